The third-order valence-electron chi connectivity index (χ3n) is 6.79. The minimum Gasteiger partial charge on any atom is -0.496 e. The highest BCUT2D eigenvalue weighted by atomic mass is 79.9. The van der Waals surface area contributed by atoms with E-state index < -0.39 is 12.1 Å². The third-order valence-corrected chi connectivity index (χ3v) is 8.93. The second-order valence-electron chi connectivity index (χ2n) is 10.0. The van der Waals surface area contributed by atoms with E-state index in [1.807, 2.05) is 38.1 Å². The smallest absolute Gasteiger partial charge is 0.346 e. The number of esters is 1. The molecule has 0 radical (unpaired) electrons. The molecule has 0 unspecified atom stereocenters. The lowest BCUT2D eigenvalue weighted by atomic mass is 9.96. The molecule has 0 aliphatic carbocycles. The number of carbonyl (C=O) groups is 1. The summed E-state index contributed by atoms with van der Waals surface area (Å²) in [4.78, 5) is 30.8. The Kier molecular flexibility index (Phi) is 10.3. The number of aromatic nitrogens is 2. The van der Waals surface area contributed by atoms with Crippen LogP contribution in [0.1, 0.15) is 50.3 Å². The molecule has 0 fully saturated rings. The summed E-state index contributed by atoms with van der Waals surface area (Å²) < 4.78 is 24.6. The van der Waals surface area contributed by atoms with Gasteiger partial charge in [-0.2, -0.15) is 9.78 Å². The Morgan fingerprint density at radius 1 is 1.07 bits per heavy atom. The standard InChI is InChI=1S/C32H33Br2N3O6/c1-8-42-26-14-20(27(33)28(34)29(26)43-19(5)32(39)41-7)16-35-37-30(36-24-12-10-9-11-21(24)31(37)38)23-15-22(17(2)3)25(40-6)13-18(23)4/h9-17,19H,8H2,1-7H3/t19-/m0/s1. The molecule has 4 rings (SSSR count). The Morgan fingerprint density at radius 2 is 1.79 bits per heavy atom. The third kappa shape index (κ3) is 6.62. The quantitative estimate of drug-likeness (QED) is 0.126. The molecule has 1 atom stereocenters. The maximum absolute atomic E-state index is 13.9. The topological polar surface area (TPSA) is 101 Å². The summed E-state index contributed by atoms with van der Waals surface area (Å²) in [5.74, 6) is 1.52. The van der Waals surface area contributed by atoms with Crippen LogP contribution >= 0.6 is 31.9 Å². The number of benzene rings is 3. The molecule has 3 aromatic carbocycles. The number of methoxy groups -OCH3 is 2. The number of carbonyl (C=O) groups excluding carboxylic acids is 1. The number of nitrogens with zero attached hydrogens (tertiary/aromatic N) is 3. The highest BCUT2D eigenvalue weighted by Gasteiger charge is 2.23. The lowest BCUT2D eigenvalue weighted by Crippen LogP contribution is -2.25. The Bertz CT molecular complexity index is 1770. The van der Waals surface area contributed by atoms with Gasteiger partial charge in [0.2, 0.25) is 0 Å². The van der Waals surface area contributed by atoms with Gasteiger partial charge in [-0.3, -0.25) is 4.79 Å². The monoisotopic (exact) mass is 713 g/mol. The molecule has 226 valence electrons. The zero-order valence-corrected chi connectivity index (χ0v) is 28.2. The van der Waals surface area contributed by atoms with Crippen molar-refractivity contribution in [2.75, 3.05) is 20.8 Å². The maximum Gasteiger partial charge on any atom is 0.346 e. The van der Waals surface area contributed by atoms with Crippen molar-refractivity contribution in [2.24, 2.45) is 5.10 Å². The molecule has 0 spiro atoms. The zero-order chi connectivity index (χ0) is 31.4. The normalized spacial score (nSPS) is 12.1. The van der Waals surface area contributed by atoms with Gasteiger partial charge >= 0.3 is 5.97 Å². The van der Waals surface area contributed by atoms with Gasteiger partial charge in [0, 0.05) is 15.6 Å². The highest BCUT2D eigenvalue weighted by molar-refractivity contribution is 9.13. The molecular weight excluding hydrogens is 682 g/mol. The van der Waals surface area contributed by atoms with Crippen LogP contribution in [-0.4, -0.2) is 48.8 Å². The minimum absolute atomic E-state index is 0.173. The first-order chi connectivity index (χ1) is 20.5. The molecule has 0 saturated carbocycles. The second-order valence-corrected chi connectivity index (χ2v) is 11.6. The number of rotatable bonds is 10. The van der Waals surface area contributed by atoms with Gasteiger partial charge in [0.1, 0.15) is 5.75 Å². The first kappa shape index (κ1) is 32.2. The predicted octanol–water partition coefficient (Wildman–Crippen LogP) is 7.25. The first-order valence-corrected chi connectivity index (χ1v) is 15.2. The maximum atomic E-state index is 13.9. The lowest BCUT2D eigenvalue weighted by molar-refractivity contribution is -0.148. The van der Waals surface area contributed by atoms with Crippen LogP contribution in [0.15, 0.2) is 61.3 Å². The second kappa shape index (κ2) is 13.7. The molecule has 0 saturated heterocycles. The Hall–Kier alpha value is -3.70. The molecule has 0 aliphatic rings. The summed E-state index contributed by atoms with van der Waals surface area (Å²) in [6.07, 6.45) is 0.675. The molecule has 0 bridgehead atoms. The minimum atomic E-state index is -0.875. The van der Waals surface area contributed by atoms with Crippen molar-refractivity contribution in [3.8, 4) is 28.6 Å². The van der Waals surface area contributed by atoms with Crippen LogP contribution < -0.4 is 19.8 Å². The summed E-state index contributed by atoms with van der Waals surface area (Å²) in [5.41, 5.74) is 3.49. The van der Waals surface area contributed by atoms with Gasteiger partial charge in [0.25, 0.3) is 5.56 Å². The van der Waals surface area contributed by atoms with E-state index in [4.69, 9.17) is 23.9 Å². The zero-order valence-electron chi connectivity index (χ0n) is 25.0. The van der Waals surface area contributed by atoms with E-state index >= 15 is 0 Å². The van der Waals surface area contributed by atoms with Crippen molar-refractivity contribution in [1.82, 2.24) is 9.66 Å². The van der Waals surface area contributed by atoms with Crippen molar-refractivity contribution in [3.63, 3.8) is 0 Å². The molecule has 0 N–H and O–H groups in total. The number of para-hydroxylation sites is 1. The fourth-order valence-electron chi connectivity index (χ4n) is 4.55. The van der Waals surface area contributed by atoms with Crippen molar-refractivity contribution in [2.45, 2.75) is 46.6 Å². The van der Waals surface area contributed by atoms with Crippen LogP contribution in [0.25, 0.3) is 22.3 Å². The van der Waals surface area contributed by atoms with E-state index in [-0.39, 0.29) is 11.5 Å². The summed E-state index contributed by atoms with van der Waals surface area (Å²) in [6, 6.07) is 12.9. The van der Waals surface area contributed by atoms with Gasteiger partial charge in [-0.1, -0.05) is 26.0 Å². The van der Waals surface area contributed by atoms with Crippen LogP contribution in [0, 0.1) is 6.92 Å². The predicted molar refractivity (Wildman–Crippen MR) is 175 cm³/mol. The summed E-state index contributed by atoms with van der Waals surface area (Å²) in [5, 5.41) is 5.10. The van der Waals surface area contributed by atoms with E-state index in [9.17, 15) is 9.59 Å². The molecule has 0 amide bonds. The lowest BCUT2D eigenvalue weighted by Gasteiger charge is -2.19. The Balaban J connectivity index is 1.92. The molecule has 1 heterocycles. The Labute approximate surface area is 267 Å². The van der Waals surface area contributed by atoms with Crippen LogP contribution in [0.3, 0.4) is 0 Å². The fraction of sp³-hybridized carbons (Fsp3) is 0.312. The van der Waals surface area contributed by atoms with E-state index in [0.29, 0.717) is 49.3 Å². The number of hydrogen-bond acceptors (Lipinski definition) is 8. The van der Waals surface area contributed by atoms with Crippen LogP contribution in [0.4, 0.5) is 0 Å². The number of ether oxygens (including phenoxy) is 4. The SMILES string of the molecule is CCOc1cc(C=Nn2c(-c3cc(C(C)C)c(OC)cc3C)nc3ccccc3c2=O)c(Br)c(Br)c1O[C@@H](C)C(=O)OC. The van der Waals surface area contributed by atoms with Gasteiger partial charge in [0.05, 0.1) is 42.4 Å². The van der Waals surface area contributed by atoms with E-state index in [2.05, 4.69) is 50.8 Å². The van der Waals surface area contributed by atoms with Gasteiger partial charge in [-0.05, 0) is 100 Å². The Morgan fingerprint density at radius 3 is 2.44 bits per heavy atom. The summed E-state index contributed by atoms with van der Waals surface area (Å²) in [7, 11) is 2.94. The van der Waals surface area contributed by atoms with Gasteiger partial charge in [0.15, 0.2) is 23.4 Å². The van der Waals surface area contributed by atoms with Crippen molar-refractivity contribution < 1.29 is 23.7 Å². The number of aryl methyl sites for hydroxylation is 1. The molecule has 1 aromatic heterocycles. The molecular formula is C32H33Br2N3O6. The highest BCUT2D eigenvalue weighted by Crippen LogP contribution is 2.43. The van der Waals surface area contributed by atoms with Crippen molar-refractivity contribution in [1.29, 1.82) is 0 Å². The molecule has 11 heteroatoms. The van der Waals surface area contributed by atoms with Crippen LogP contribution in [0.5, 0.6) is 17.2 Å². The van der Waals surface area contributed by atoms with E-state index in [1.165, 1.54) is 11.8 Å². The fourth-order valence-corrected chi connectivity index (χ4v) is 5.47. The summed E-state index contributed by atoms with van der Waals surface area (Å²) in [6.45, 7) is 9.89. The number of fused-ring (bicyclic) bond motifs is 1. The van der Waals surface area contributed by atoms with Crippen LogP contribution in [-0.2, 0) is 9.53 Å². The van der Waals surface area contributed by atoms with Crippen LogP contribution in [0.2, 0.25) is 0 Å². The average molecular weight is 715 g/mol. The van der Waals surface area contributed by atoms with Crippen molar-refractivity contribution in [3.05, 3.63) is 78.5 Å². The van der Waals surface area contributed by atoms with E-state index in [0.717, 1.165) is 22.4 Å². The van der Waals surface area contributed by atoms with E-state index in [1.54, 1.807) is 38.4 Å². The molecule has 4 aromatic rings. The van der Waals surface area contributed by atoms with Crippen molar-refractivity contribution >= 4 is 54.9 Å². The summed E-state index contributed by atoms with van der Waals surface area (Å²) >= 11 is 7.16. The number of hydrogen-bond donors (Lipinski definition) is 0. The molecule has 43 heavy (non-hydrogen) atoms. The largest absolute Gasteiger partial charge is 0.496 e. The van der Waals surface area contributed by atoms with Gasteiger partial charge in [-0.15, -0.1) is 0 Å². The molecule has 9 nitrogen and oxygen atoms in total. The first-order valence-electron chi connectivity index (χ1n) is 13.7. The van der Waals surface area contributed by atoms with Gasteiger partial charge in [-0.25, -0.2) is 9.78 Å². The average Bonchev–Trinajstić information content (AvgIpc) is 2.99. The molecule has 0 aliphatic heterocycles. The van der Waals surface area contributed by atoms with Gasteiger partial charge < -0.3 is 18.9 Å². The number of halogens is 2.